The van der Waals surface area contributed by atoms with E-state index < -0.39 is 0 Å². The van der Waals surface area contributed by atoms with Gasteiger partial charge in [-0.25, -0.2) is 0 Å². The molecular formula is C17H22N2. The lowest BCUT2D eigenvalue weighted by Gasteiger charge is -2.09. The zero-order valence-corrected chi connectivity index (χ0v) is 12.0. The van der Waals surface area contributed by atoms with Crippen LogP contribution in [0.25, 0.3) is 11.1 Å². The third-order valence-electron chi connectivity index (χ3n) is 3.24. The van der Waals surface area contributed by atoms with Gasteiger partial charge in [0, 0.05) is 24.5 Å². The third kappa shape index (κ3) is 3.65. The molecule has 0 aliphatic heterocycles. The van der Waals surface area contributed by atoms with Crippen molar-refractivity contribution >= 4 is 0 Å². The Morgan fingerprint density at radius 2 is 1.95 bits per heavy atom. The predicted molar refractivity (Wildman–Crippen MR) is 81.1 cm³/mol. The number of nitrogens with zero attached hydrogens (tertiary/aromatic N) is 1. The number of nitrogens with one attached hydrogen (secondary N) is 1. The lowest BCUT2D eigenvalue weighted by atomic mass is 9.99. The second kappa shape index (κ2) is 6.48. The van der Waals surface area contributed by atoms with E-state index in [0.29, 0.717) is 0 Å². The van der Waals surface area contributed by atoms with Crippen molar-refractivity contribution in [3.05, 3.63) is 53.3 Å². The smallest absolute Gasteiger partial charge is 0.0346 e. The van der Waals surface area contributed by atoms with Gasteiger partial charge in [-0.15, -0.1) is 0 Å². The van der Waals surface area contributed by atoms with Crippen molar-refractivity contribution < 1.29 is 0 Å². The van der Waals surface area contributed by atoms with Gasteiger partial charge in [0.05, 0.1) is 0 Å². The van der Waals surface area contributed by atoms with Crippen molar-refractivity contribution in [2.75, 3.05) is 6.54 Å². The number of benzene rings is 1. The van der Waals surface area contributed by atoms with Gasteiger partial charge in [-0.1, -0.05) is 30.7 Å². The van der Waals surface area contributed by atoms with Crippen molar-refractivity contribution in [1.82, 2.24) is 10.3 Å². The maximum Gasteiger partial charge on any atom is 0.0346 e. The quantitative estimate of drug-likeness (QED) is 0.819. The van der Waals surface area contributed by atoms with Gasteiger partial charge in [0.2, 0.25) is 0 Å². The number of aromatic nitrogens is 1. The number of hydrogen-bond acceptors (Lipinski definition) is 2. The molecule has 1 N–H and O–H groups in total. The van der Waals surface area contributed by atoms with Crippen LogP contribution in [0.3, 0.4) is 0 Å². The molecule has 0 spiro atoms. The molecule has 0 aliphatic rings. The number of pyridine rings is 1. The van der Waals surface area contributed by atoms with Crippen LogP contribution < -0.4 is 5.32 Å². The van der Waals surface area contributed by atoms with Crippen molar-refractivity contribution in [3.8, 4) is 11.1 Å². The zero-order chi connectivity index (χ0) is 13.7. The normalized spacial score (nSPS) is 10.7. The van der Waals surface area contributed by atoms with Crippen molar-refractivity contribution in [2.45, 2.75) is 33.7 Å². The Hall–Kier alpha value is -1.67. The van der Waals surface area contributed by atoms with Crippen LogP contribution in [0.5, 0.6) is 0 Å². The van der Waals surface area contributed by atoms with Gasteiger partial charge in [-0.05, 0) is 49.6 Å². The van der Waals surface area contributed by atoms with E-state index in [2.05, 4.69) is 55.3 Å². The molecule has 1 heterocycles. The Morgan fingerprint density at radius 3 is 2.68 bits per heavy atom. The van der Waals surface area contributed by atoms with Crippen molar-refractivity contribution in [2.24, 2.45) is 0 Å². The van der Waals surface area contributed by atoms with Crippen molar-refractivity contribution in [1.29, 1.82) is 0 Å². The van der Waals surface area contributed by atoms with Gasteiger partial charge >= 0.3 is 0 Å². The monoisotopic (exact) mass is 254 g/mol. The fourth-order valence-electron chi connectivity index (χ4n) is 2.28. The molecule has 19 heavy (non-hydrogen) atoms. The summed E-state index contributed by atoms with van der Waals surface area (Å²) in [7, 11) is 0. The van der Waals surface area contributed by atoms with Crippen LogP contribution in [0.1, 0.15) is 30.0 Å². The number of hydrogen-bond donors (Lipinski definition) is 1. The molecule has 2 nitrogen and oxygen atoms in total. The van der Waals surface area contributed by atoms with Gasteiger partial charge < -0.3 is 5.32 Å². The summed E-state index contributed by atoms with van der Waals surface area (Å²) in [6.45, 7) is 8.40. The molecule has 1 aromatic heterocycles. The van der Waals surface area contributed by atoms with Gasteiger partial charge in [0.1, 0.15) is 0 Å². The molecule has 0 aliphatic carbocycles. The zero-order valence-electron chi connectivity index (χ0n) is 12.0. The molecule has 0 radical (unpaired) electrons. The van der Waals surface area contributed by atoms with Gasteiger partial charge in [0.25, 0.3) is 0 Å². The van der Waals surface area contributed by atoms with Gasteiger partial charge in [-0.2, -0.15) is 0 Å². The average Bonchev–Trinajstić information content (AvgIpc) is 2.39. The molecule has 0 amide bonds. The molecule has 2 rings (SSSR count). The minimum Gasteiger partial charge on any atom is -0.313 e. The van der Waals surface area contributed by atoms with E-state index in [9.17, 15) is 0 Å². The summed E-state index contributed by atoms with van der Waals surface area (Å²) in [6.07, 6.45) is 5.04. The minimum atomic E-state index is 0.888. The Balaban J connectivity index is 2.22. The lowest BCUT2D eigenvalue weighted by Crippen LogP contribution is -2.13. The first-order valence-electron chi connectivity index (χ1n) is 6.93. The molecule has 0 saturated carbocycles. The molecule has 0 saturated heterocycles. The van der Waals surface area contributed by atoms with Gasteiger partial charge in [-0.3, -0.25) is 4.98 Å². The highest BCUT2D eigenvalue weighted by Gasteiger charge is 2.03. The fourth-order valence-corrected chi connectivity index (χ4v) is 2.28. The fraction of sp³-hybridized carbons (Fsp3) is 0.353. The molecule has 0 atom stereocenters. The molecule has 100 valence electrons. The largest absolute Gasteiger partial charge is 0.313 e. The van der Waals surface area contributed by atoms with E-state index in [1.54, 1.807) is 0 Å². The SMILES string of the molecule is CCCNCc1cncc(-c2ccc(C)cc2C)c1. The Morgan fingerprint density at radius 1 is 1.11 bits per heavy atom. The highest BCUT2D eigenvalue weighted by atomic mass is 14.8. The first-order chi connectivity index (χ1) is 9.20. The summed E-state index contributed by atoms with van der Waals surface area (Å²) in [5, 5.41) is 3.41. The Bertz CT molecular complexity index is 547. The molecule has 0 bridgehead atoms. The van der Waals surface area contributed by atoms with E-state index in [0.717, 1.165) is 19.5 Å². The Labute approximate surface area is 115 Å². The second-order valence-electron chi connectivity index (χ2n) is 5.08. The molecule has 2 heteroatoms. The van der Waals surface area contributed by atoms with Crippen LogP contribution in [0.15, 0.2) is 36.7 Å². The van der Waals surface area contributed by atoms with E-state index in [-0.39, 0.29) is 0 Å². The lowest BCUT2D eigenvalue weighted by molar-refractivity contribution is 0.674. The molecule has 0 unspecified atom stereocenters. The van der Waals surface area contributed by atoms with Crippen LogP contribution in [0.4, 0.5) is 0 Å². The summed E-state index contributed by atoms with van der Waals surface area (Å²) >= 11 is 0. The number of aryl methyl sites for hydroxylation is 2. The van der Waals surface area contributed by atoms with Crippen LogP contribution in [0, 0.1) is 13.8 Å². The standard InChI is InChI=1S/C17H22N2/c1-4-7-18-10-15-9-16(12-19-11-15)17-6-5-13(2)8-14(17)3/h5-6,8-9,11-12,18H,4,7,10H2,1-3H3. The maximum absolute atomic E-state index is 4.36. The summed E-state index contributed by atoms with van der Waals surface area (Å²) < 4.78 is 0. The molecule has 1 aromatic carbocycles. The molecule has 0 fully saturated rings. The third-order valence-corrected chi connectivity index (χ3v) is 3.24. The van der Waals surface area contributed by atoms with E-state index >= 15 is 0 Å². The maximum atomic E-state index is 4.36. The Kier molecular flexibility index (Phi) is 4.69. The predicted octanol–water partition coefficient (Wildman–Crippen LogP) is 3.87. The summed E-state index contributed by atoms with van der Waals surface area (Å²) in [5.41, 5.74) is 6.32. The van der Waals surface area contributed by atoms with Gasteiger partial charge in [0.15, 0.2) is 0 Å². The van der Waals surface area contributed by atoms with Crippen LogP contribution in [0.2, 0.25) is 0 Å². The summed E-state index contributed by atoms with van der Waals surface area (Å²) in [5.74, 6) is 0. The first kappa shape index (κ1) is 13.8. The molecular weight excluding hydrogens is 232 g/mol. The minimum absolute atomic E-state index is 0.888. The number of rotatable bonds is 5. The van der Waals surface area contributed by atoms with E-state index in [1.807, 2.05) is 12.4 Å². The second-order valence-corrected chi connectivity index (χ2v) is 5.08. The highest BCUT2D eigenvalue weighted by molar-refractivity contribution is 5.67. The van der Waals surface area contributed by atoms with E-state index in [1.165, 1.54) is 27.8 Å². The highest BCUT2D eigenvalue weighted by Crippen LogP contribution is 2.24. The average molecular weight is 254 g/mol. The summed E-state index contributed by atoms with van der Waals surface area (Å²) in [6, 6.07) is 8.79. The topological polar surface area (TPSA) is 24.9 Å². The van der Waals surface area contributed by atoms with Crippen LogP contribution in [-0.2, 0) is 6.54 Å². The first-order valence-corrected chi connectivity index (χ1v) is 6.93. The van der Waals surface area contributed by atoms with Crippen molar-refractivity contribution in [3.63, 3.8) is 0 Å². The van der Waals surface area contributed by atoms with E-state index in [4.69, 9.17) is 0 Å². The molecule has 2 aromatic rings. The van der Waals surface area contributed by atoms with Crippen LogP contribution in [-0.4, -0.2) is 11.5 Å². The van der Waals surface area contributed by atoms with Crippen LogP contribution >= 0.6 is 0 Å². The summed E-state index contributed by atoms with van der Waals surface area (Å²) in [4.78, 5) is 4.36.